The van der Waals surface area contributed by atoms with Crippen molar-refractivity contribution in [1.29, 1.82) is 0 Å². The van der Waals surface area contributed by atoms with Gasteiger partial charge in [-0.25, -0.2) is 4.79 Å². The third-order valence-electron chi connectivity index (χ3n) is 0.787. The average Bonchev–Trinajstić information content (AvgIpc) is 1.98. The first-order chi connectivity index (χ1) is 5.66. The molecule has 0 aromatic rings. The highest BCUT2D eigenvalue weighted by Gasteiger charge is 1.91. The minimum atomic E-state index is -0.429. The molecular formula is C8H13NO3. The summed E-state index contributed by atoms with van der Waals surface area (Å²) in [5.74, 6) is -0.429. The van der Waals surface area contributed by atoms with Crippen LogP contribution in [0.4, 0.5) is 0 Å². The van der Waals surface area contributed by atoms with Gasteiger partial charge in [0.2, 0.25) is 0 Å². The molecule has 0 aliphatic carbocycles. The van der Waals surface area contributed by atoms with E-state index in [1.807, 2.05) is 0 Å². The van der Waals surface area contributed by atoms with E-state index in [9.17, 15) is 4.79 Å². The fourth-order valence-corrected chi connectivity index (χ4v) is 0.412. The summed E-state index contributed by atoms with van der Waals surface area (Å²) in [7, 11) is 0. The van der Waals surface area contributed by atoms with Gasteiger partial charge in [0.05, 0.1) is 18.4 Å². The van der Waals surface area contributed by atoms with Gasteiger partial charge in [0, 0.05) is 0 Å². The number of hydrogen-bond acceptors (Lipinski definition) is 4. The van der Waals surface area contributed by atoms with Gasteiger partial charge in [0.1, 0.15) is 6.26 Å². The Kier molecular flexibility index (Phi) is 5.69. The topological polar surface area (TPSA) is 47.9 Å². The molecule has 0 aromatic heterocycles. The smallest absolute Gasteiger partial charge is 0.333 e. The van der Waals surface area contributed by atoms with Gasteiger partial charge in [-0.15, -0.1) is 0 Å². The van der Waals surface area contributed by atoms with Gasteiger partial charge in [0.15, 0.2) is 0 Å². The van der Waals surface area contributed by atoms with E-state index in [1.165, 1.54) is 12.3 Å². The maximum Gasteiger partial charge on any atom is 0.333 e. The number of esters is 1. The summed E-state index contributed by atoms with van der Waals surface area (Å²) in [5, 5.41) is 3.58. The Balaban J connectivity index is 3.62. The Hall–Kier alpha value is -1.32. The molecule has 0 radical (unpaired) electrons. The number of carbonyl (C=O) groups excluding carboxylic acids is 1. The van der Waals surface area contributed by atoms with E-state index < -0.39 is 5.97 Å². The van der Waals surface area contributed by atoms with Gasteiger partial charge in [-0.3, -0.25) is 0 Å². The van der Waals surface area contributed by atoms with Crippen molar-refractivity contribution in [3.63, 3.8) is 0 Å². The summed E-state index contributed by atoms with van der Waals surface area (Å²) >= 11 is 0. The zero-order chi connectivity index (χ0) is 9.40. The summed E-state index contributed by atoms with van der Waals surface area (Å²) in [6.45, 7) is 5.68. The van der Waals surface area contributed by atoms with Crippen molar-refractivity contribution < 1.29 is 14.4 Å². The SMILES string of the molecule is CCOC(=O)/C=C/ON=C(C)C. The van der Waals surface area contributed by atoms with E-state index in [-0.39, 0.29) is 0 Å². The van der Waals surface area contributed by atoms with Crippen molar-refractivity contribution >= 4 is 11.7 Å². The van der Waals surface area contributed by atoms with Crippen LogP contribution in [0, 0.1) is 0 Å². The first kappa shape index (κ1) is 10.7. The number of hydrogen-bond donors (Lipinski definition) is 0. The Labute approximate surface area is 71.8 Å². The van der Waals surface area contributed by atoms with Crippen molar-refractivity contribution in [3.8, 4) is 0 Å². The Bertz CT molecular complexity index is 192. The first-order valence-electron chi connectivity index (χ1n) is 3.67. The molecule has 12 heavy (non-hydrogen) atoms. The van der Waals surface area contributed by atoms with Crippen LogP contribution in [0.15, 0.2) is 17.5 Å². The monoisotopic (exact) mass is 171 g/mol. The largest absolute Gasteiger partial charge is 0.463 e. The number of nitrogens with zero attached hydrogens (tertiary/aromatic N) is 1. The van der Waals surface area contributed by atoms with E-state index in [0.29, 0.717) is 6.61 Å². The van der Waals surface area contributed by atoms with Crippen LogP contribution in [0.3, 0.4) is 0 Å². The fraction of sp³-hybridized carbons (Fsp3) is 0.500. The highest BCUT2D eigenvalue weighted by atomic mass is 16.6. The quantitative estimate of drug-likeness (QED) is 0.211. The van der Waals surface area contributed by atoms with Crippen molar-refractivity contribution in [2.45, 2.75) is 20.8 Å². The average molecular weight is 171 g/mol. The zero-order valence-electron chi connectivity index (χ0n) is 7.53. The highest BCUT2D eigenvalue weighted by Crippen LogP contribution is 1.84. The molecule has 0 N–H and O–H groups in total. The molecule has 0 unspecified atom stereocenters. The second kappa shape index (κ2) is 6.39. The zero-order valence-corrected chi connectivity index (χ0v) is 7.53. The molecule has 0 amide bonds. The van der Waals surface area contributed by atoms with E-state index in [2.05, 4.69) is 14.7 Å². The van der Waals surface area contributed by atoms with E-state index >= 15 is 0 Å². The molecule has 0 heterocycles. The van der Waals surface area contributed by atoms with E-state index in [1.54, 1.807) is 20.8 Å². The predicted octanol–water partition coefficient (Wildman–Crippen LogP) is 1.48. The summed E-state index contributed by atoms with van der Waals surface area (Å²) in [6.07, 6.45) is 2.36. The second-order valence-electron chi connectivity index (χ2n) is 2.20. The third-order valence-corrected chi connectivity index (χ3v) is 0.787. The number of rotatable bonds is 4. The standard InChI is InChI=1S/C8H13NO3/c1-4-11-8(10)5-6-12-9-7(2)3/h5-6H,4H2,1-3H3/b6-5+. The maximum absolute atomic E-state index is 10.7. The maximum atomic E-state index is 10.7. The molecule has 68 valence electrons. The first-order valence-corrected chi connectivity index (χ1v) is 3.67. The lowest BCUT2D eigenvalue weighted by Gasteiger charge is -1.93. The Morgan fingerprint density at radius 3 is 2.67 bits per heavy atom. The minimum Gasteiger partial charge on any atom is -0.463 e. The lowest BCUT2D eigenvalue weighted by molar-refractivity contribution is -0.137. The lowest BCUT2D eigenvalue weighted by Crippen LogP contribution is -1.98. The molecule has 0 fully saturated rings. The van der Waals surface area contributed by atoms with E-state index in [4.69, 9.17) is 0 Å². The lowest BCUT2D eigenvalue weighted by atomic mass is 10.5. The Morgan fingerprint density at radius 2 is 2.17 bits per heavy atom. The molecular weight excluding hydrogens is 158 g/mol. The molecule has 0 spiro atoms. The molecule has 0 saturated carbocycles. The second-order valence-corrected chi connectivity index (χ2v) is 2.20. The van der Waals surface area contributed by atoms with Crippen LogP contribution >= 0.6 is 0 Å². The van der Waals surface area contributed by atoms with Crippen LogP contribution < -0.4 is 0 Å². The molecule has 0 bridgehead atoms. The van der Waals surface area contributed by atoms with Crippen LogP contribution in [0.1, 0.15) is 20.8 Å². The van der Waals surface area contributed by atoms with Crippen LogP contribution in [0.5, 0.6) is 0 Å². The summed E-state index contributed by atoms with van der Waals surface area (Å²) in [4.78, 5) is 15.3. The molecule has 0 atom stereocenters. The molecule has 4 nitrogen and oxygen atoms in total. The molecule has 4 heteroatoms. The normalized spacial score (nSPS) is 9.58. The van der Waals surface area contributed by atoms with Gasteiger partial charge < -0.3 is 9.57 Å². The summed E-state index contributed by atoms with van der Waals surface area (Å²) in [5.41, 5.74) is 0.781. The number of ether oxygens (including phenoxy) is 1. The summed E-state index contributed by atoms with van der Waals surface area (Å²) < 4.78 is 4.59. The highest BCUT2D eigenvalue weighted by molar-refractivity contribution is 5.81. The summed E-state index contributed by atoms with van der Waals surface area (Å²) in [6, 6.07) is 0. The number of carbonyl (C=O) groups is 1. The fourth-order valence-electron chi connectivity index (χ4n) is 0.412. The van der Waals surface area contributed by atoms with Crippen molar-refractivity contribution in [1.82, 2.24) is 0 Å². The molecule has 0 aromatic carbocycles. The van der Waals surface area contributed by atoms with Gasteiger partial charge in [-0.05, 0) is 20.8 Å². The van der Waals surface area contributed by atoms with Gasteiger partial charge in [-0.2, -0.15) is 0 Å². The van der Waals surface area contributed by atoms with Crippen LogP contribution in [-0.4, -0.2) is 18.3 Å². The molecule has 0 saturated heterocycles. The molecule has 0 rings (SSSR count). The van der Waals surface area contributed by atoms with Crippen LogP contribution in [0.2, 0.25) is 0 Å². The van der Waals surface area contributed by atoms with Gasteiger partial charge in [0.25, 0.3) is 0 Å². The molecule has 0 aliphatic heterocycles. The number of oxime groups is 1. The van der Waals surface area contributed by atoms with Crippen molar-refractivity contribution in [2.24, 2.45) is 5.16 Å². The van der Waals surface area contributed by atoms with Crippen molar-refractivity contribution in [2.75, 3.05) is 6.61 Å². The van der Waals surface area contributed by atoms with Gasteiger partial charge >= 0.3 is 5.97 Å². The Morgan fingerprint density at radius 1 is 1.50 bits per heavy atom. The third kappa shape index (κ3) is 6.80. The van der Waals surface area contributed by atoms with Gasteiger partial charge in [-0.1, -0.05) is 5.16 Å². The molecule has 0 aliphatic rings. The predicted molar refractivity (Wildman–Crippen MR) is 45.6 cm³/mol. The van der Waals surface area contributed by atoms with Crippen molar-refractivity contribution in [3.05, 3.63) is 12.3 Å². The van der Waals surface area contributed by atoms with Crippen LogP contribution in [-0.2, 0) is 14.4 Å². The van der Waals surface area contributed by atoms with Crippen LogP contribution in [0.25, 0.3) is 0 Å². The van der Waals surface area contributed by atoms with E-state index in [0.717, 1.165) is 5.71 Å². The minimum absolute atomic E-state index is 0.360.